The Kier molecular flexibility index (Phi) is 4.83. The maximum Gasteiger partial charge on any atom is 0.122 e. The van der Waals surface area contributed by atoms with Crippen molar-refractivity contribution in [2.75, 3.05) is 7.11 Å². The number of halogens is 1. The first-order valence-electron chi connectivity index (χ1n) is 6.50. The average Bonchev–Trinajstić information content (AvgIpc) is 2.66. The number of aliphatic hydroxyl groups is 1. The predicted molar refractivity (Wildman–Crippen MR) is 82.1 cm³/mol. The van der Waals surface area contributed by atoms with Crippen molar-refractivity contribution in [3.63, 3.8) is 0 Å². The van der Waals surface area contributed by atoms with Gasteiger partial charge in [0.15, 0.2) is 0 Å². The molecule has 0 saturated carbocycles. The number of benzene rings is 1. The molecule has 0 aliphatic carbocycles. The van der Waals surface area contributed by atoms with Crippen LogP contribution in [0.4, 0.5) is 0 Å². The monoisotopic (exact) mass is 338 g/mol. The molecule has 5 heteroatoms. The number of aryl methyl sites for hydroxylation is 2. The summed E-state index contributed by atoms with van der Waals surface area (Å²) in [6, 6.07) is 7.77. The largest absolute Gasteiger partial charge is 0.496 e. The van der Waals surface area contributed by atoms with Crippen LogP contribution >= 0.6 is 15.9 Å². The van der Waals surface area contributed by atoms with Gasteiger partial charge < -0.3 is 9.84 Å². The highest BCUT2D eigenvalue weighted by Gasteiger charge is 2.16. The van der Waals surface area contributed by atoms with E-state index in [1.165, 1.54) is 0 Å². The maximum absolute atomic E-state index is 10.3. The second-order valence-electron chi connectivity index (χ2n) is 4.84. The summed E-state index contributed by atoms with van der Waals surface area (Å²) in [4.78, 5) is 0. The topological polar surface area (TPSA) is 47.3 Å². The maximum atomic E-state index is 10.3. The van der Waals surface area contributed by atoms with E-state index in [9.17, 15) is 5.11 Å². The highest BCUT2D eigenvalue weighted by Crippen LogP contribution is 2.24. The van der Waals surface area contributed by atoms with Gasteiger partial charge in [-0.1, -0.05) is 18.2 Å². The smallest absolute Gasteiger partial charge is 0.122 e. The zero-order valence-corrected chi connectivity index (χ0v) is 13.5. The van der Waals surface area contributed by atoms with Gasteiger partial charge in [0.2, 0.25) is 0 Å². The quantitative estimate of drug-likeness (QED) is 0.911. The van der Waals surface area contributed by atoms with Gasteiger partial charge in [-0.15, -0.1) is 0 Å². The Morgan fingerprint density at radius 1 is 1.35 bits per heavy atom. The van der Waals surface area contributed by atoms with Crippen molar-refractivity contribution in [3.8, 4) is 5.75 Å². The van der Waals surface area contributed by atoms with E-state index in [1.807, 2.05) is 42.9 Å². The number of hydrogen-bond acceptors (Lipinski definition) is 3. The minimum atomic E-state index is -0.475. The Bertz CT molecular complexity index is 596. The molecular formula is C15H19BrN2O2. The first-order chi connectivity index (χ1) is 9.52. The third kappa shape index (κ3) is 3.22. The molecule has 1 unspecified atom stereocenters. The fraction of sp³-hybridized carbons (Fsp3) is 0.400. The zero-order chi connectivity index (χ0) is 14.7. The van der Waals surface area contributed by atoms with Crippen molar-refractivity contribution < 1.29 is 9.84 Å². The molecule has 0 aliphatic heterocycles. The Morgan fingerprint density at radius 2 is 2.05 bits per heavy atom. The molecule has 1 heterocycles. The molecule has 0 amide bonds. The molecule has 108 valence electrons. The van der Waals surface area contributed by atoms with Crippen molar-refractivity contribution >= 4 is 15.9 Å². The first kappa shape index (κ1) is 15.1. The third-order valence-electron chi connectivity index (χ3n) is 3.34. The van der Waals surface area contributed by atoms with Crippen LogP contribution in [-0.4, -0.2) is 28.1 Å². The summed E-state index contributed by atoms with van der Waals surface area (Å²) < 4.78 is 8.09. The lowest BCUT2D eigenvalue weighted by atomic mass is 10.0. The third-order valence-corrected chi connectivity index (χ3v) is 4.37. The molecule has 4 nitrogen and oxygen atoms in total. The van der Waals surface area contributed by atoms with Crippen LogP contribution in [0.3, 0.4) is 0 Å². The number of ether oxygens (including phenoxy) is 1. The first-order valence-corrected chi connectivity index (χ1v) is 7.30. The van der Waals surface area contributed by atoms with Crippen molar-refractivity contribution in [1.82, 2.24) is 9.78 Å². The molecule has 20 heavy (non-hydrogen) atoms. The van der Waals surface area contributed by atoms with Crippen LogP contribution in [0.1, 0.15) is 17.0 Å². The molecule has 2 rings (SSSR count). The Labute approximate surface area is 127 Å². The lowest BCUT2D eigenvalue weighted by Gasteiger charge is -2.14. The molecule has 1 aromatic carbocycles. The molecule has 1 atom stereocenters. The van der Waals surface area contributed by atoms with Gasteiger partial charge in [-0.25, -0.2) is 0 Å². The molecule has 0 fully saturated rings. The van der Waals surface area contributed by atoms with Gasteiger partial charge in [0.05, 0.1) is 29.1 Å². The minimum absolute atomic E-state index is 0.475. The number of rotatable bonds is 5. The van der Waals surface area contributed by atoms with E-state index in [0.29, 0.717) is 12.8 Å². The number of hydrogen-bond donors (Lipinski definition) is 1. The molecule has 0 bridgehead atoms. The lowest BCUT2D eigenvalue weighted by Crippen LogP contribution is -2.17. The van der Waals surface area contributed by atoms with Crippen LogP contribution in [-0.2, 0) is 19.9 Å². The SMILES string of the molecule is COc1ccccc1CC(O)Cc1c(Br)c(C)nn1C. The number of nitrogens with zero attached hydrogens (tertiary/aromatic N) is 2. The summed E-state index contributed by atoms with van der Waals surface area (Å²) in [5.74, 6) is 0.812. The number of aromatic nitrogens is 2. The summed E-state index contributed by atoms with van der Waals surface area (Å²) >= 11 is 3.52. The highest BCUT2D eigenvalue weighted by molar-refractivity contribution is 9.10. The summed E-state index contributed by atoms with van der Waals surface area (Å²) in [5.41, 5.74) is 2.95. The van der Waals surface area contributed by atoms with E-state index in [2.05, 4.69) is 21.0 Å². The van der Waals surface area contributed by atoms with Gasteiger partial charge in [0, 0.05) is 19.9 Å². The van der Waals surface area contributed by atoms with E-state index >= 15 is 0 Å². The highest BCUT2D eigenvalue weighted by atomic mass is 79.9. The number of aliphatic hydroxyl groups excluding tert-OH is 1. The van der Waals surface area contributed by atoms with Gasteiger partial charge in [-0.3, -0.25) is 4.68 Å². The van der Waals surface area contributed by atoms with E-state index in [-0.39, 0.29) is 0 Å². The molecule has 0 spiro atoms. The fourth-order valence-electron chi connectivity index (χ4n) is 2.32. The number of para-hydroxylation sites is 1. The summed E-state index contributed by atoms with van der Waals surface area (Å²) in [6.45, 7) is 1.94. The number of methoxy groups -OCH3 is 1. The van der Waals surface area contributed by atoms with Gasteiger partial charge >= 0.3 is 0 Å². The van der Waals surface area contributed by atoms with E-state index in [1.54, 1.807) is 7.11 Å². The van der Waals surface area contributed by atoms with E-state index in [0.717, 1.165) is 27.2 Å². The van der Waals surface area contributed by atoms with E-state index in [4.69, 9.17) is 4.74 Å². The van der Waals surface area contributed by atoms with Crippen molar-refractivity contribution in [2.45, 2.75) is 25.9 Å². The Hall–Kier alpha value is -1.33. The van der Waals surface area contributed by atoms with Gasteiger partial charge in [-0.2, -0.15) is 5.10 Å². The molecule has 2 aromatic rings. The van der Waals surface area contributed by atoms with Gasteiger partial charge in [0.25, 0.3) is 0 Å². The van der Waals surface area contributed by atoms with Gasteiger partial charge in [0.1, 0.15) is 5.75 Å². The van der Waals surface area contributed by atoms with E-state index < -0.39 is 6.10 Å². The second-order valence-corrected chi connectivity index (χ2v) is 5.64. The molecular weight excluding hydrogens is 320 g/mol. The summed E-state index contributed by atoms with van der Waals surface area (Å²) in [7, 11) is 3.54. The fourth-order valence-corrected chi connectivity index (χ4v) is 2.82. The van der Waals surface area contributed by atoms with Crippen LogP contribution in [0, 0.1) is 6.92 Å². The average molecular weight is 339 g/mol. The van der Waals surface area contributed by atoms with Crippen molar-refractivity contribution in [2.24, 2.45) is 7.05 Å². The molecule has 0 saturated heterocycles. The molecule has 0 radical (unpaired) electrons. The predicted octanol–water partition coefficient (Wildman–Crippen LogP) is 2.65. The Balaban J connectivity index is 2.11. The van der Waals surface area contributed by atoms with Crippen LogP contribution in [0.5, 0.6) is 5.75 Å². The van der Waals surface area contributed by atoms with Crippen LogP contribution in [0.15, 0.2) is 28.7 Å². The standard InChI is InChI=1S/C15H19BrN2O2/c1-10-15(16)13(18(2)17-10)9-12(19)8-11-6-4-5-7-14(11)20-3/h4-7,12,19H,8-9H2,1-3H3. The van der Waals surface area contributed by atoms with Crippen LogP contribution in [0.25, 0.3) is 0 Å². The molecule has 0 aliphatic rings. The lowest BCUT2D eigenvalue weighted by molar-refractivity contribution is 0.171. The molecule has 1 aromatic heterocycles. The zero-order valence-electron chi connectivity index (χ0n) is 11.9. The molecule has 1 N–H and O–H groups in total. The van der Waals surface area contributed by atoms with Crippen LogP contribution in [0.2, 0.25) is 0 Å². The van der Waals surface area contributed by atoms with Gasteiger partial charge in [-0.05, 0) is 34.5 Å². The Morgan fingerprint density at radius 3 is 2.65 bits per heavy atom. The van der Waals surface area contributed by atoms with Crippen molar-refractivity contribution in [3.05, 3.63) is 45.7 Å². The summed E-state index contributed by atoms with van der Waals surface area (Å²) in [6.07, 6.45) is 0.633. The summed E-state index contributed by atoms with van der Waals surface area (Å²) in [5, 5.41) is 14.7. The van der Waals surface area contributed by atoms with Crippen LogP contribution < -0.4 is 4.74 Å². The minimum Gasteiger partial charge on any atom is -0.496 e. The normalized spacial score (nSPS) is 12.4. The second kappa shape index (κ2) is 6.41. The van der Waals surface area contributed by atoms with Crippen molar-refractivity contribution in [1.29, 1.82) is 0 Å².